The van der Waals surface area contributed by atoms with Crippen molar-refractivity contribution >= 4 is 15.9 Å². The summed E-state index contributed by atoms with van der Waals surface area (Å²) in [5.74, 6) is 0.168. The Bertz CT molecular complexity index is 991. The summed E-state index contributed by atoms with van der Waals surface area (Å²) < 4.78 is 26.7. The Morgan fingerprint density at radius 3 is 2.23 bits per heavy atom. The molecule has 2 aromatic rings. The van der Waals surface area contributed by atoms with Gasteiger partial charge >= 0.3 is 0 Å². The van der Waals surface area contributed by atoms with Gasteiger partial charge in [-0.05, 0) is 56.4 Å². The number of rotatable bonds is 8. The normalized spacial score (nSPS) is 16.8. The molecule has 1 unspecified atom stereocenters. The highest BCUT2D eigenvalue weighted by molar-refractivity contribution is 7.89. The van der Waals surface area contributed by atoms with Crippen LogP contribution in [0.15, 0.2) is 47.4 Å². The molecule has 31 heavy (non-hydrogen) atoms. The molecule has 1 aliphatic heterocycles. The van der Waals surface area contributed by atoms with Crippen LogP contribution in [0.5, 0.6) is 0 Å². The third-order valence-electron chi connectivity index (χ3n) is 6.10. The smallest absolute Gasteiger partial charge is 0.243 e. The van der Waals surface area contributed by atoms with E-state index < -0.39 is 10.0 Å². The van der Waals surface area contributed by atoms with E-state index in [1.807, 2.05) is 30.9 Å². The molecule has 1 fully saturated rings. The van der Waals surface area contributed by atoms with Gasteiger partial charge < -0.3 is 4.90 Å². The van der Waals surface area contributed by atoms with Crippen molar-refractivity contribution in [3.05, 3.63) is 64.7 Å². The number of sulfonamides is 1. The predicted molar refractivity (Wildman–Crippen MR) is 124 cm³/mol. The van der Waals surface area contributed by atoms with Crippen LogP contribution in [0.3, 0.4) is 0 Å². The largest absolute Gasteiger partial charge is 0.336 e. The second kappa shape index (κ2) is 9.96. The number of nitrogens with zero attached hydrogens (tertiary/aromatic N) is 2. The first-order chi connectivity index (χ1) is 14.8. The zero-order valence-electron chi connectivity index (χ0n) is 19.1. The van der Waals surface area contributed by atoms with Gasteiger partial charge in [0, 0.05) is 26.1 Å². The standard InChI is InChI=1S/C25H34N2O3S/c1-5-26(6-2)31(29,30)23-12-9-21(10-13-23)11-14-25(28)27-15-7-8-24(27)22-17-19(3)16-20(4)18-22/h9-10,12-13,16-18,24H,5-8,11,14-15H2,1-4H3. The van der Waals surface area contributed by atoms with Crippen LogP contribution >= 0.6 is 0 Å². The summed E-state index contributed by atoms with van der Waals surface area (Å²) >= 11 is 0. The quantitative estimate of drug-likeness (QED) is 0.599. The van der Waals surface area contributed by atoms with E-state index in [4.69, 9.17) is 0 Å². The molecule has 2 aromatic carbocycles. The highest BCUT2D eigenvalue weighted by Gasteiger charge is 2.29. The van der Waals surface area contributed by atoms with Crippen LogP contribution in [0.2, 0.25) is 0 Å². The fourth-order valence-electron chi connectivity index (χ4n) is 4.55. The lowest BCUT2D eigenvalue weighted by atomic mass is 9.99. The molecule has 1 saturated heterocycles. The highest BCUT2D eigenvalue weighted by atomic mass is 32.2. The molecule has 0 bridgehead atoms. The summed E-state index contributed by atoms with van der Waals surface area (Å²) in [7, 11) is -3.45. The fourth-order valence-corrected chi connectivity index (χ4v) is 6.01. The molecule has 0 aromatic heterocycles. The zero-order valence-corrected chi connectivity index (χ0v) is 19.9. The number of carbonyl (C=O) groups excluding carboxylic acids is 1. The lowest BCUT2D eigenvalue weighted by Crippen LogP contribution is -2.31. The van der Waals surface area contributed by atoms with Crippen molar-refractivity contribution in [2.24, 2.45) is 0 Å². The van der Waals surface area contributed by atoms with Gasteiger partial charge in [0.1, 0.15) is 0 Å². The minimum Gasteiger partial charge on any atom is -0.336 e. The molecule has 1 heterocycles. The van der Waals surface area contributed by atoms with Gasteiger partial charge in [-0.1, -0.05) is 55.3 Å². The van der Waals surface area contributed by atoms with Gasteiger partial charge in [-0.2, -0.15) is 4.31 Å². The van der Waals surface area contributed by atoms with Crippen molar-refractivity contribution in [2.75, 3.05) is 19.6 Å². The molecule has 1 atom stereocenters. The Labute approximate surface area is 187 Å². The number of hydrogen-bond acceptors (Lipinski definition) is 3. The molecule has 168 valence electrons. The fraction of sp³-hybridized carbons (Fsp3) is 0.480. The minimum atomic E-state index is -3.45. The molecule has 0 saturated carbocycles. The maximum absolute atomic E-state index is 13.0. The minimum absolute atomic E-state index is 0.160. The Morgan fingerprint density at radius 1 is 1.03 bits per heavy atom. The number of benzene rings is 2. The first-order valence-electron chi connectivity index (χ1n) is 11.2. The van der Waals surface area contributed by atoms with E-state index in [-0.39, 0.29) is 11.9 Å². The van der Waals surface area contributed by atoms with E-state index in [9.17, 15) is 13.2 Å². The first kappa shape index (κ1) is 23.5. The maximum Gasteiger partial charge on any atom is 0.243 e. The van der Waals surface area contributed by atoms with Crippen LogP contribution in [-0.4, -0.2) is 43.2 Å². The van der Waals surface area contributed by atoms with Crippen molar-refractivity contribution in [3.63, 3.8) is 0 Å². The molecule has 6 heteroatoms. The molecular weight excluding hydrogens is 408 g/mol. The average Bonchev–Trinajstić information content (AvgIpc) is 3.22. The molecule has 0 spiro atoms. The maximum atomic E-state index is 13.0. The van der Waals surface area contributed by atoms with E-state index in [0.29, 0.717) is 30.8 Å². The van der Waals surface area contributed by atoms with Gasteiger partial charge in [-0.25, -0.2) is 8.42 Å². The van der Waals surface area contributed by atoms with Crippen molar-refractivity contribution in [1.29, 1.82) is 0 Å². The highest BCUT2D eigenvalue weighted by Crippen LogP contribution is 2.33. The SMILES string of the molecule is CCN(CC)S(=O)(=O)c1ccc(CCC(=O)N2CCCC2c2cc(C)cc(C)c2)cc1. The van der Waals surface area contributed by atoms with Gasteiger partial charge in [-0.3, -0.25) is 4.79 Å². The molecule has 5 nitrogen and oxygen atoms in total. The lowest BCUT2D eigenvalue weighted by molar-refractivity contribution is -0.132. The Morgan fingerprint density at radius 2 is 1.65 bits per heavy atom. The molecule has 1 aliphatic rings. The number of amides is 1. The second-order valence-electron chi connectivity index (χ2n) is 8.40. The molecule has 0 radical (unpaired) electrons. The third kappa shape index (κ3) is 5.36. The molecule has 3 rings (SSSR count). The van der Waals surface area contributed by atoms with Crippen LogP contribution in [-0.2, 0) is 21.2 Å². The number of likely N-dealkylation sites (tertiary alicyclic amines) is 1. The topological polar surface area (TPSA) is 57.7 Å². The van der Waals surface area contributed by atoms with Crippen molar-refractivity contribution < 1.29 is 13.2 Å². The Balaban J connectivity index is 1.65. The molecule has 0 N–H and O–H groups in total. The van der Waals surface area contributed by atoms with E-state index >= 15 is 0 Å². The summed E-state index contributed by atoms with van der Waals surface area (Å²) in [6.07, 6.45) is 3.08. The van der Waals surface area contributed by atoms with Crippen molar-refractivity contribution in [2.45, 2.75) is 64.3 Å². The van der Waals surface area contributed by atoms with E-state index in [1.165, 1.54) is 21.0 Å². The van der Waals surface area contributed by atoms with E-state index in [2.05, 4.69) is 32.0 Å². The Hall–Kier alpha value is -2.18. The third-order valence-corrected chi connectivity index (χ3v) is 8.16. The lowest BCUT2D eigenvalue weighted by Gasteiger charge is -2.26. The monoisotopic (exact) mass is 442 g/mol. The summed E-state index contributed by atoms with van der Waals surface area (Å²) in [5, 5.41) is 0. The van der Waals surface area contributed by atoms with Gasteiger partial charge in [-0.15, -0.1) is 0 Å². The molecule has 0 aliphatic carbocycles. The van der Waals surface area contributed by atoms with Crippen LogP contribution in [0.1, 0.15) is 61.4 Å². The summed E-state index contributed by atoms with van der Waals surface area (Å²) in [6.45, 7) is 9.58. The summed E-state index contributed by atoms with van der Waals surface area (Å²) in [6, 6.07) is 13.7. The zero-order chi connectivity index (χ0) is 22.6. The van der Waals surface area contributed by atoms with E-state index in [1.54, 1.807) is 12.1 Å². The van der Waals surface area contributed by atoms with Crippen LogP contribution in [0.25, 0.3) is 0 Å². The summed E-state index contributed by atoms with van der Waals surface area (Å²) in [5.41, 5.74) is 4.67. The Kier molecular flexibility index (Phi) is 7.55. The van der Waals surface area contributed by atoms with Crippen LogP contribution < -0.4 is 0 Å². The van der Waals surface area contributed by atoms with Gasteiger partial charge in [0.15, 0.2) is 0 Å². The molecular formula is C25H34N2O3S. The summed E-state index contributed by atoms with van der Waals surface area (Å²) in [4.78, 5) is 15.3. The van der Waals surface area contributed by atoms with Crippen LogP contribution in [0, 0.1) is 13.8 Å². The van der Waals surface area contributed by atoms with E-state index in [0.717, 1.165) is 24.9 Å². The van der Waals surface area contributed by atoms with Crippen LogP contribution in [0.4, 0.5) is 0 Å². The molecule has 1 amide bonds. The first-order valence-corrected chi connectivity index (χ1v) is 12.7. The van der Waals surface area contributed by atoms with Gasteiger partial charge in [0.05, 0.1) is 10.9 Å². The van der Waals surface area contributed by atoms with Gasteiger partial charge in [0.25, 0.3) is 0 Å². The predicted octanol–water partition coefficient (Wildman–Crippen LogP) is 4.63. The number of hydrogen-bond donors (Lipinski definition) is 0. The second-order valence-corrected chi connectivity index (χ2v) is 10.3. The average molecular weight is 443 g/mol. The number of aryl methyl sites for hydroxylation is 3. The number of carbonyl (C=O) groups is 1. The van der Waals surface area contributed by atoms with Crippen molar-refractivity contribution in [1.82, 2.24) is 9.21 Å². The van der Waals surface area contributed by atoms with Gasteiger partial charge in [0.2, 0.25) is 15.9 Å². The van der Waals surface area contributed by atoms with Crippen molar-refractivity contribution in [3.8, 4) is 0 Å².